The molecule has 1 saturated carbocycles. The number of carbonyl (C=O) groups is 2. The summed E-state index contributed by atoms with van der Waals surface area (Å²) in [6.07, 6.45) is 4.09. The number of ether oxygens (including phenoxy) is 2. The molecule has 0 spiro atoms. The lowest BCUT2D eigenvalue weighted by Gasteiger charge is -2.30. The molecule has 4 rings (SSSR count). The lowest BCUT2D eigenvalue weighted by atomic mass is 10.1. The van der Waals surface area contributed by atoms with Gasteiger partial charge in [-0.3, -0.25) is 9.59 Å². The lowest BCUT2D eigenvalue weighted by Crippen LogP contribution is -2.45. The minimum Gasteiger partial charge on any atom is -0.493 e. The highest BCUT2D eigenvalue weighted by Crippen LogP contribution is 2.32. The molecule has 2 aromatic heterocycles. The summed E-state index contributed by atoms with van der Waals surface area (Å²) in [5.41, 5.74) is 0.399. The Balaban J connectivity index is 1.74. The third kappa shape index (κ3) is 5.28. The van der Waals surface area contributed by atoms with Gasteiger partial charge in [0, 0.05) is 16.5 Å². The number of hydrogen-bond donors (Lipinski definition) is 1. The van der Waals surface area contributed by atoms with Crippen LogP contribution in [0.25, 0.3) is 0 Å². The Bertz CT molecular complexity index is 1120. The van der Waals surface area contributed by atoms with Crippen molar-refractivity contribution in [1.29, 1.82) is 0 Å². The molecule has 2 heterocycles. The average molecular weight is 483 g/mol. The van der Waals surface area contributed by atoms with Crippen molar-refractivity contribution in [2.24, 2.45) is 0 Å². The second-order valence-corrected chi connectivity index (χ2v) is 9.46. The van der Waals surface area contributed by atoms with E-state index in [9.17, 15) is 9.59 Å². The van der Waals surface area contributed by atoms with Crippen LogP contribution in [0.3, 0.4) is 0 Å². The predicted octanol–water partition coefficient (Wildman–Crippen LogP) is 5.11. The Labute approximate surface area is 203 Å². The van der Waals surface area contributed by atoms with E-state index in [0.29, 0.717) is 28.6 Å². The highest BCUT2D eigenvalue weighted by molar-refractivity contribution is 7.09. The summed E-state index contributed by atoms with van der Waals surface area (Å²) in [5.74, 6) is 1.58. The summed E-state index contributed by atoms with van der Waals surface area (Å²) in [6.45, 7) is 2.10. The van der Waals surface area contributed by atoms with Crippen molar-refractivity contribution in [3.8, 4) is 11.5 Å². The van der Waals surface area contributed by atoms with Crippen LogP contribution < -0.4 is 14.8 Å². The number of carbonyl (C=O) groups excluding carboxylic acids is 2. The van der Waals surface area contributed by atoms with Gasteiger partial charge in [0.2, 0.25) is 0 Å². The largest absolute Gasteiger partial charge is 0.493 e. The molecule has 1 aromatic carbocycles. The molecule has 7 nitrogen and oxygen atoms in total. The van der Waals surface area contributed by atoms with Crippen LogP contribution >= 0.6 is 11.3 Å². The maximum atomic E-state index is 13.9. The molecule has 2 amide bonds. The first-order valence-electron chi connectivity index (χ1n) is 11.4. The van der Waals surface area contributed by atoms with Gasteiger partial charge >= 0.3 is 0 Å². The van der Waals surface area contributed by atoms with Gasteiger partial charge in [0.1, 0.15) is 11.5 Å². The molecule has 1 aliphatic rings. The first kappa shape index (κ1) is 23.9. The molecular weight excluding hydrogens is 452 g/mol. The van der Waals surface area contributed by atoms with Crippen molar-refractivity contribution in [2.75, 3.05) is 14.2 Å². The normalized spacial score (nSPS) is 14.6. The van der Waals surface area contributed by atoms with Crippen LogP contribution in [0.5, 0.6) is 11.5 Å². The van der Waals surface area contributed by atoms with E-state index in [0.717, 1.165) is 30.6 Å². The molecule has 34 heavy (non-hydrogen) atoms. The molecule has 0 radical (unpaired) electrons. The maximum absolute atomic E-state index is 13.9. The fourth-order valence-corrected chi connectivity index (χ4v) is 5.06. The first-order chi connectivity index (χ1) is 16.5. The average Bonchev–Trinajstić information content (AvgIpc) is 3.62. The number of nitrogens with one attached hydrogen (secondary N) is 1. The standard InChI is InChI=1S/C26H30N2O5S/c1-17-10-12-22(33-17)24(25(29)27-19-7-4-5-8-19)28(16-20-9-6-14-34-20)26(30)18-11-13-21(31-2)23(15-18)32-3/h6,9-15,19,24H,4-5,7-8,16H2,1-3H3,(H,27,29). The topological polar surface area (TPSA) is 81.0 Å². The van der Waals surface area contributed by atoms with Gasteiger partial charge in [-0.15, -0.1) is 11.3 Å². The van der Waals surface area contributed by atoms with Gasteiger partial charge in [-0.1, -0.05) is 18.9 Å². The van der Waals surface area contributed by atoms with Crippen molar-refractivity contribution in [2.45, 2.75) is 51.2 Å². The molecule has 8 heteroatoms. The fraction of sp³-hybridized carbons (Fsp3) is 0.385. The van der Waals surface area contributed by atoms with Gasteiger partial charge in [-0.25, -0.2) is 0 Å². The summed E-state index contributed by atoms with van der Waals surface area (Å²) in [5, 5.41) is 5.12. The van der Waals surface area contributed by atoms with Crippen LogP contribution in [0.15, 0.2) is 52.3 Å². The number of benzene rings is 1. The quantitative estimate of drug-likeness (QED) is 0.458. The van der Waals surface area contributed by atoms with Gasteiger partial charge in [0.15, 0.2) is 17.5 Å². The van der Waals surface area contributed by atoms with Crippen LogP contribution in [0.2, 0.25) is 0 Å². The van der Waals surface area contributed by atoms with Crippen LogP contribution in [-0.2, 0) is 11.3 Å². The molecule has 1 aliphatic carbocycles. The van der Waals surface area contributed by atoms with Crippen LogP contribution in [0.1, 0.15) is 58.5 Å². The van der Waals surface area contributed by atoms with Crippen molar-refractivity contribution >= 4 is 23.2 Å². The Morgan fingerprint density at radius 1 is 1.12 bits per heavy atom. The van der Waals surface area contributed by atoms with E-state index in [1.807, 2.05) is 30.5 Å². The third-order valence-electron chi connectivity index (χ3n) is 6.09. The number of thiophene rings is 1. The summed E-state index contributed by atoms with van der Waals surface area (Å²) in [4.78, 5) is 30.1. The van der Waals surface area contributed by atoms with E-state index in [-0.39, 0.29) is 24.4 Å². The molecule has 0 bridgehead atoms. The number of nitrogens with zero attached hydrogens (tertiary/aromatic N) is 1. The molecule has 1 fully saturated rings. The van der Waals surface area contributed by atoms with E-state index < -0.39 is 6.04 Å². The smallest absolute Gasteiger partial charge is 0.255 e. The minimum atomic E-state index is -0.906. The monoisotopic (exact) mass is 482 g/mol. The van der Waals surface area contributed by atoms with Gasteiger partial charge in [0.25, 0.3) is 11.8 Å². The highest BCUT2D eigenvalue weighted by Gasteiger charge is 2.36. The summed E-state index contributed by atoms with van der Waals surface area (Å²) >= 11 is 1.54. The molecular formula is C26H30N2O5S. The van der Waals surface area contributed by atoms with Gasteiger partial charge in [0.05, 0.1) is 20.8 Å². The summed E-state index contributed by atoms with van der Waals surface area (Å²) in [7, 11) is 3.07. The Hall–Kier alpha value is -3.26. The lowest BCUT2D eigenvalue weighted by molar-refractivity contribution is -0.127. The summed E-state index contributed by atoms with van der Waals surface area (Å²) < 4.78 is 16.6. The number of furan rings is 1. The molecule has 0 aliphatic heterocycles. The molecule has 1 atom stereocenters. The molecule has 0 saturated heterocycles. The number of hydrogen-bond acceptors (Lipinski definition) is 6. The molecule has 1 unspecified atom stereocenters. The van der Waals surface area contributed by atoms with E-state index in [1.165, 1.54) is 18.4 Å². The van der Waals surface area contributed by atoms with Crippen LogP contribution in [-0.4, -0.2) is 37.0 Å². The minimum absolute atomic E-state index is 0.117. The van der Waals surface area contributed by atoms with Crippen molar-refractivity contribution in [3.63, 3.8) is 0 Å². The Morgan fingerprint density at radius 2 is 1.88 bits per heavy atom. The highest BCUT2D eigenvalue weighted by atomic mass is 32.1. The van der Waals surface area contributed by atoms with E-state index in [4.69, 9.17) is 13.9 Å². The summed E-state index contributed by atoms with van der Waals surface area (Å²) in [6, 6.07) is 11.7. The number of aryl methyl sites for hydroxylation is 1. The van der Waals surface area contributed by atoms with Gasteiger partial charge < -0.3 is 24.1 Å². The second-order valence-electron chi connectivity index (χ2n) is 8.42. The third-order valence-corrected chi connectivity index (χ3v) is 6.95. The zero-order chi connectivity index (χ0) is 24.1. The van der Waals surface area contributed by atoms with E-state index in [2.05, 4.69) is 5.32 Å². The zero-order valence-electron chi connectivity index (χ0n) is 19.7. The number of amides is 2. The first-order valence-corrected chi connectivity index (χ1v) is 12.3. The Kier molecular flexibility index (Phi) is 7.57. The maximum Gasteiger partial charge on any atom is 0.255 e. The number of rotatable bonds is 9. The Morgan fingerprint density at radius 3 is 2.50 bits per heavy atom. The van der Waals surface area contributed by atoms with Crippen LogP contribution in [0, 0.1) is 6.92 Å². The van der Waals surface area contributed by atoms with Crippen molar-refractivity contribution in [1.82, 2.24) is 10.2 Å². The van der Waals surface area contributed by atoms with E-state index in [1.54, 1.807) is 36.3 Å². The zero-order valence-corrected chi connectivity index (χ0v) is 20.5. The number of methoxy groups -OCH3 is 2. The van der Waals surface area contributed by atoms with Gasteiger partial charge in [-0.2, -0.15) is 0 Å². The molecule has 3 aromatic rings. The van der Waals surface area contributed by atoms with Crippen molar-refractivity contribution in [3.05, 3.63) is 69.8 Å². The fourth-order valence-electron chi connectivity index (χ4n) is 4.36. The van der Waals surface area contributed by atoms with Crippen molar-refractivity contribution < 1.29 is 23.5 Å². The SMILES string of the molecule is COc1ccc(C(=O)N(Cc2cccs2)C(C(=O)NC2CCCC2)c2ccc(C)o2)cc1OC. The van der Waals surface area contributed by atoms with E-state index >= 15 is 0 Å². The molecule has 180 valence electrons. The van der Waals surface area contributed by atoms with Gasteiger partial charge in [-0.05, 0) is 61.5 Å². The second kappa shape index (κ2) is 10.8. The predicted molar refractivity (Wildman–Crippen MR) is 130 cm³/mol. The van der Waals surface area contributed by atoms with Crippen LogP contribution in [0.4, 0.5) is 0 Å². The molecule has 1 N–H and O–H groups in total.